The van der Waals surface area contributed by atoms with Crippen LogP contribution in [0.1, 0.15) is 58.8 Å². The first kappa shape index (κ1) is 37.8. The van der Waals surface area contributed by atoms with Crippen molar-refractivity contribution in [3.05, 3.63) is 112 Å². The fourth-order valence-corrected chi connectivity index (χ4v) is 9.13. The topological polar surface area (TPSA) is 106 Å². The van der Waals surface area contributed by atoms with Crippen LogP contribution >= 0.6 is 11.3 Å². The number of anilines is 3. The summed E-state index contributed by atoms with van der Waals surface area (Å²) in [5.74, 6) is -1.82. The monoisotopic (exact) mass is 791 g/mol. The summed E-state index contributed by atoms with van der Waals surface area (Å²) < 4.78 is 76.2. The lowest BCUT2D eigenvalue weighted by atomic mass is 9.71. The van der Waals surface area contributed by atoms with Gasteiger partial charge in [-0.1, -0.05) is 12.1 Å². The summed E-state index contributed by atoms with van der Waals surface area (Å²) in [7, 11) is 0. The van der Waals surface area contributed by atoms with Crippen LogP contribution in [0.5, 0.6) is 0 Å². The van der Waals surface area contributed by atoms with Gasteiger partial charge in [-0.15, -0.1) is 11.3 Å². The number of carbonyl (C=O) groups excluding carboxylic acids is 2. The predicted molar refractivity (Wildman–Crippen MR) is 204 cm³/mol. The highest BCUT2D eigenvalue weighted by Gasteiger charge is 2.51. The van der Waals surface area contributed by atoms with E-state index < -0.39 is 46.6 Å². The number of fused-ring (bicyclic) bond motifs is 3. The Morgan fingerprint density at radius 3 is 2.41 bits per heavy atom. The SMILES string of the molecule is CC1(C(=O)Nc2ccc(C(=O)N3CCc4cc(C(O)Nc5c(F)cccc5F)sc4-c4cc(C(F)(F)F)ccc43)cc2)CC=CN=C1N1CC2(CCOCC2)C1. The van der Waals surface area contributed by atoms with Crippen LogP contribution in [0, 0.1) is 22.5 Å². The van der Waals surface area contributed by atoms with Crippen LogP contribution in [0.25, 0.3) is 10.4 Å². The Morgan fingerprint density at radius 2 is 1.71 bits per heavy atom. The van der Waals surface area contributed by atoms with Crippen molar-refractivity contribution in [2.75, 3.05) is 48.4 Å². The zero-order valence-corrected chi connectivity index (χ0v) is 31.1. The standard InChI is InChI=1S/C41H38F5N5O4S/c1-39(13-3-16-47-37(39)50-22-40(23-50)14-18-55-19-15-40)38(54)48-27-9-6-24(7-10-27)36(53)51-17-12-25-20-32(35(52)49-33-29(42)4-2-5-30(33)43)56-34(25)28-21-26(41(44,45)46)8-11-31(28)51/h2-11,16,20-21,35,49,52H,12-15,17-19,22-23H2,1H3,(H,48,54). The number of aliphatic hydroxyl groups excluding tert-OH is 1. The van der Waals surface area contributed by atoms with E-state index in [1.807, 2.05) is 13.0 Å². The van der Waals surface area contributed by atoms with Gasteiger partial charge in [0, 0.05) is 66.2 Å². The number of nitrogens with one attached hydrogen (secondary N) is 2. The number of rotatable bonds is 6. The Morgan fingerprint density at radius 1 is 1.00 bits per heavy atom. The van der Waals surface area contributed by atoms with Gasteiger partial charge in [-0.25, -0.2) is 13.8 Å². The minimum absolute atomic E-state index is 0.0864. The summed E-state index contributed by atoms with van der Waals surface area (Å²) in [6.07, 6.45) is 0.00969. The number of aliphatic hydroxyl groups is 1. The van der Waals surface area contributed by atoms with Crippen LogP contribution in [0.15, 0.2) is 84.0 Å². The Labute approximate surface area is 323 Å². The molecule has 1 spiro atoms. The highest BCUT2D eigenvalue weighted by Crippen LogP contribution is 2.47. The van der Waals surface area contributed by atoms with E-state index in [1.54, 1.807) is 36.5 Å². The molecule has 9 nitrogen and oxygen atoms in total. The van der Waals surface area contributed by atoms with Gasteiger partial charge in [0.25, 0.3) is 5.91 Å². The molecule has 2 fully saturated rings. The fraction of sp³-hybridized carbons (Fsp3) is 0.341. The summed E-state index contributed by atoms with van der Waals surface area (Å²) >= 11 is 0.967. The molecular formula is C41H38F5N5O4S. The van der Waals surface area contributed by atoms with Crippen molar-refractivity contribution in [2.24, 2.45) is 15.8 Å². The van der Waals surface area contributed by atoms with Crippen molar-refractivity contribution < 1.29 is 41.4 Å². The van der Waals surface area contributed by atoms with Crippen molar-refractivity contribution in [3.63, 3.8) is 0 Å². The van der Waals surface area contributed by atoms with Gasteiger partial charge in [-0.3, -0.25) is 9.59 Å². The molecule has 2 saturated heterocycles. The minimum Gasteiger partial charge on any atom is -0.381 e. The molecule has 0 bridgehead atoms. The van der Waals surface area contributed by atoms with E-state index in [0.29, 0.717) is 22.5 Å². The molecule has 15 heteroatoms. The number of hydrogen-bond acceptors (Lipinski definition) is 8. The van der Waals surface area contributed by atoms with Gasteiger partial charge in [-0.2, -0.15) is 13.2 Å². The van der Waals surface area contributed by atoms with E-state index in [1.165, 1.54) is 17.0 Å². The summed E-state index contributed by atoms with van der Waals surface area (Å²) in [6.45, 7) is 5.09. The van der Waals surface area contributed by atoms with Gasteiger partial charge < -0.3 is 30.3 Å². The number of allylic oxidation sites excluding steroid dienone is 1. The van der Waals surface area contributed by atoms with Crippen LogP contribution in [0.4, 0.5) is 39.0 Å². The number of alkyl halides is 3. The minimum atomic E-state index is -4.68. The first-order valence-electron chi connectivity index (χ1n) is 18.3. The Bertz CT molecular complexity index is 2220. The number of ether oxygens (including phenoxy) is 1. The molecule has 3 aromatic carbocycles. The average Bonchev–Trinajstić information content (AvgIpc) is 3.53. The van der Waals surface area contributed by atoms with E-state index in [0.717, 1.165) is 80.6 Å². The highest BCUT2D eigenvalue weighted by molar-refractivity contribution is 7.15. The summed E-state index contributed by atoms with van der Waals surface area (Å²) in [5.41, 5.74) is -0.555. The lowest BCUT2D eigenvalue weighted by molar-refractivity contribution is -0.137. The number of aliphatic imine (C=N–C) groups is 1. The van der Waals surface area contributed by atoms with Gasteiger partial charge >= 0.3 is 6.18 Å². The highest BCUT2D eigenvalue weighted by atomic mass is 32.1. The molecule has 1 aromatic heterocycles. The molecule has 5 heterocycles. The van der Waals surface area contributed by atoms with Crippen LogP contribution in [0.3, 0.4) is 0 Å². The van der Waals surface area contributed by atoms with Crippen LogP contribution in [0.2, 0.25) is 0 Å². The van der Waals surface area contributed by atoms with Gasteiger partial charge in [0.1, 0.15) is 28.6 Å². The summed E-state index contributed by atoms with van der Waals surface area (Å²) in [6, 6.07) is 14.3. The zero-order chi connectivity index (χ0) is 39.4. The second kappa shape index (κ2) is 14.4. The number of likely N-dealkylation sites (tertiary alicyclic amines) is 1. The lowest BCUT2D eigenvalue weighted by Gasteiger charge is -2.55. The van der Waals surface area contributed by atoms with Gasteiger partial charge in [0.2, 0.25) is 5.91 Å². The number of benzene rings is 3. The Kier molecular flexibility index (Phi) is 9.74. The second-order valence-corrected chi connectivity index (χ2v) is 16.0. The molecule has 2 atom stereocenters. The first-order valence-corrected chi connectivity index (χ1v) is 19.1. The normalized spacial score (nSPS) is 20.7. The van der Waals surface area contributed by atoms with Crippen molar-refractivity contribution >= 4 is 46.0 Å². The third-order valence-electron chi connectivity index (χ3n) is 11.2. The number of para-hydroxylation sites is 1. The van der Waals surface area contributed by atoms with E-state index in [9.17, 15) is 36.6 Å². The molecule has 0 aliphatic carbocycles. The van der Waals surface area contributed by atoms with Gasteiger partial charge in [-0.05, 0) is 98.8 Å². The summed E-state index contributed by atoms with van der Waals surface area (Å²) in [4.78, 5) is 36.8. The van der Waals surface area contributed by atoms with Crippen molar-refractivity contribution in [3.8, 4) is 10.4 Å². The summed E-state index contributed by atoms with van der Waals surface area (Å²) in [5, 5.41) is 16.3. The Balaban J connectivity index is 1.01. The molecule has 4 aliphatic rings. The number of hydrogen-bond donors (Lipinski definition) is 3. The molecule has 292 valence electrons. The number of carbonyl (C=O) groups is 2. The quantitative estimate of drug-likeness (QED) is 0.134. The third kappa shape index (κ3) is 6.96. The van der Waals surface area contributed by atoms with Crippen molar-refractivity contribution in [1.82, 2.24) is 4.90 Å². The molecule has 8 rings (SSSR count). The zero-order valence-electron chi connectivity index (χ0n) is 30.3. The second-order valence-electron chi connectivity index (χ2n) is 15.0. The van der Waals surface area contributed by atoms with Crippen LogP contribution in [-0.2, 0) is 22.1 Å². The molecule has 0 radical (unpaired) electrons. The van der Waals surface area contributed by atoms with E-state index in [2.05, 4.69) is 20.5 Å². The van der Waals surface area contributed by atoms with Crippen molar-refractivity contribution in [1.29, 1.82) is 0 Å². The maximum Gasteiger partial charge on any atom is 0.416 e. The number of amidine groups is 1. The molecule has 0 saturated carbocycles. The van der Waals surface area contributed by atoms with Crippen LogP contribution < -0.4 is 15.5 Å². The van der Waals surface area contributed by atoms with Crippen LogP contribution in [-0.4, -0.2) is 60.5 Å². The molecule has 2 amide bonds. The smallest absolute Gasteiger partial charge is 0.381 e. The molecule has 3 N–H and O–H groups in total. The molecule has 56 heavy (non-hydrogen) atoms. The maximum absolute atomic E-state index is 14.3. The van der Waals surface area contributed by atoms with E-state index >= 15 is 0 Å². The van der Waals surface area contributed by atoms with E-state index in [-0.39, 0.29) is 46.0 Å². The third-order valence-corrected chi connectivity index (χ3v) is 12.4. The molecule has 4 aromatic rings. The number of amides is 2. The predicted octanol–water partition coefficient (Wildman–Crippen LogP) is 8.39. The van der Waals surface area contributed by atoms with Gasteiger partial charge in [0.15, 0.2) is 6.23 Å². The number of nitrogens with zero attached hydrogens (tertiary/aromatic N) is 3. The maximum atomic E-state index is 14.3. The van der Waals surface area contributed by atoms with Gasteiger partial charge in [0.05, 0.1) is 16.1 Å². The molecule has 4 aliphatic heterocycles. The molecule has 2 unspecified atom stereocenters. The Hall–Kier alpha value is -5.12. The lowest BCUT2D eigenvalue weighted by Crippen LogP contribution is -2.64. The average molecular weight is 792 g/mol. The largest absolute Gasteiger partial charge is 0.416 e. The van der Waals surface area contributed by atoms with Crippen molar-refractivity contribution in [2.45, 2.75) is 45.0 Å². The first-order chi connectivity index (χ1) is 26.7. The molecular weight excluding hydrogens is 754 g/mol. The number of thiophene rings is 1. The number of halogens is 5. The fourth-order valence-electron chi connectivity index (χ4n) is 7.96. The van der Waals surface area contributed by atoms with E-state index in [4.69, 9.17) is 4.74 Å².